The SMILES string of the molecule is OCc1ccc(OCC2CCCC2)cn1. The van der Waals surface area contributed by atoms with E-state index in [1.165, 1.54) is 25.7 Å². The molecule has 1 N–H and O–H groups in total. The Kier molecular flexibility index (Phi) is 3.56. The Balaban J connectivity index is 1.82. The van der Waals surface area contributed by atoms with E-state index in [4.69, 9.17) is 9.84 Å². The molecule has 0 spiro atoms. The summed E-state index contributed by atoms with van der Waals surface area (Å²) in [4.78, 5) is 4.07. The Hall–Kier alpha value is -1.09. The van der Waals surface area contributed by atoms with Gasteiger partial charge in [0.15, 0.2) is 0 Å². The van der Waals surface area contributed by atoms with Crippen LogP contribution in [0.25, 0.3) is 0 Å². The van der Waals surface area contributed by atoms with Crippen molar-refractivity contribution in [1.82, 2.24) is 4.98 Å². The van der Waals surface area contributed by atoms with Gasteiger partial charge >= 0.3 is 0 Å². The van der Waals surface area contributed by atoms with Gasteiger partial charge in [0.25, 0.3) is 0 Å². The first-order chi connectivity index (χ1) is 7.38. The van der Waals surface area contributed by atoms with E-state index in [2.05, 4.69) is 4.98 Å². The van der Waals surface area contributed by atoms with Crippen LogP contribution in [0.3, 0.4) is 0 Å². The van der Waals surface area contributed by atoms with Crippen molar-refractivity contribution >= 4 is 0 Å². The molecule has 1 saturated carbocycles. The van der Waals surface area contributed by atoms with Crippen molar-refractivity contribution < 1.29 is 9.84 Å². The lowest BCUT2D eigenvalue weighted by Gasteiger charge is -2.10. The van der Waals surface area contributed by atoms with Crippen molar-refractivity contribution in [2.45, 2.75) is 32.3 Å². The van der Waals surface area contributed by atoms with Gasteiger partial charge in [-0.15, -0.1) is 0 Å². The zero-order valence-corrected chi connectivity index (χ0v) is 8.85. The summed E-state index contributed by atoms with van der Waals surface area (Å²) in [6.45, 7) is 0.795. The fraction of sp³-hybridized carbons (Fsp3) is 0.583. The van der Waals surface area contributed by atoms with Crippen LogP contribution in [-0.4, -0.2) is 16.7 Å². The maximum Gasteiger partial charge on any atom is 0.137 e. The molecule has 82 valence electrons. The van der Waals surface area contributed by atoms with Crippen LogP contribution in [0, 0.1) is 5.92 Å². The molecular formula is C12H17NO2. The molecule has 1 heterocycles. The van der Waals surface area contributed by atoms with E-state index in [0.29, 0.717) is 5.69 Å². The molecule has 0 amide bonds. The average molecular weight is 207 g/mol. The van der Waals surface area contributed by atoms with Gasteiger partial charge in [-0.1, -0.05) is 12.8 Å². The highest BCUT2D eigenvalue weighted by molar-refractivity contribution is 5.19. The van der Waals surface area contributed by atoms with Gasteiger partial charge in [0.05, 0.1) is 25.1 Å². The third-order valence-electron chi connectivity index (χ3n) is 2.92. The molecule has 0 aromatic carbocycles. The molecule has 0 unspecified atom stereocenters. The average Bonchev–Trinajstić information content (AvgIpc) is 2.80. The summed E-state index contributed by atoms with van der Waals surface area (Å²) in [5.41, 5.74) is 0.684. The van der Waals surface area contributed by atoms with Crippen molar-refractivity contribution in [3.63, 3.8) is 0 Å². The van der Waals surface area contributed by atoms with Gasteiger partial charge in [-0.2, -0.15) is 0 Å². The highest BCUT2D eigenvalue weighted by Crippen LogP contribution is 2.25. The van der Waals surface area contributed by atoms with E-state index in [1.807, 2.05) is 6.07 Å². The van der Waals surface area contributed by atoms with Crippen LogP contribution in [0.15, 0.2) is 18.3 Å². The lowest BCUT2D eigenvalue weighted by Crippen LogP contribution is -2.08. The minimum absolute atomic E-state index is 0.0110. The van der Waals surface area contributed by atoms with Crippen LogP contribution in [0.2, 0.25) is 0 Å². The molecule has 3 heteroatoms. The lowest BCUT2D eigenvalue weighted by molar-refractivity contribution is 0.250. The normalized spacial score (nSPS) is 16.9. The topological polar surface area (TPSA) is 42.4 Å². The lowest BCUT2D eigenvalue weighted by atomic mass is 10.1. The summed E-state index contributed by atoms with van der Waals surface area (Å²) in [6.07, 6.45) is 6.95. The van der Waals surface area contributed by atoms with Gasteiger partial charge in [0.1, 0.15) is 5.75 Å². The number of hydrogen-bond acceptors (Lipinski definition) is 3. The van der Waals surface area contributed by atoms with Crippen molar-refractivity contribution in [3.05, 3.63) is 24.0 Å². The first kappa shape index (κ1) is 10.4. The van der Waals surface area contributed by atoms with Gasteiger partial charge in [0.2, 0.25) is 0 Å². The van der Waals surface area contributed by atoms with Gasteiger partial charge in [-0.25, -0.2) is 0 Å². The summed E-state index contributed by atoms with van der Waals surface area (Å²) in [7, 11) is 0. The maximum atomic E-state index is 8.83. The fourth-order valence-electron chi connectivity index (χ4n) is 1.98. The number of aliphatic hydroxyl groups is 1. The number of hydrogen-bond donors (Lipinski definition) is 1. The fourth-order valence-corrected chi connectivity index (χ4v) is 1.98. The minimum Gasteiger partial charge on any atom is -0.492 e. The van der Waals surface area contributed by atoms with E-state index in [1.54, 1.807) is 12.3 Å². The van der Waals surface area contributed by atoms with Crippen LogP contribution in [0.1, 0.15) is 31.4 Å². The Morgan fingerprint density at radius 2 is 2.13 bits per heavy atom. The summed E-state index contributed by atoms with van der Waals surface area (Å²) in [5.74, 6) is 1.53. The summed E-state index contributed by atoms with van der Waals surface area (Å²) < 4.78 is 5.65. The quantitative estimate of drug-likeness (QED) is 0.822. The molecule has 0 aliphatic heterocycles. The number of pyridine rings is 1. The summed E-state index contributed by atoms with van der Waals surface area (Å²) in [6, 6.07) is 3.66. The molecule has 1 fully saturated rings. The molecule has 0 radical (unpaired) electrons. The molecule has 2 rings (SSSR count). The van der Waals surface area contributed by atoms with Crippen LogP contribution in [-0.2, 0) is 6.61 Å². The molecule has 15 heavy (non-hydrogen) atoms. The largest absolute Gasteiger partial charge is 0.492 e. The maximum absolute atomic E-state index is 8.83. The minimum atomic E-state index is -0.0110. The first-order valence-electron chi connectivity index (χ1n) is 5.57. The third kappa shape index (κ3) is 2.93. The number of aromatic nitrogens is 1. The molecule has 1 aromatic heterocycles. The van der Waals surface area contributed by atoms with E-state index in [-0.39, 0.29) is 6.61 Å². The van der Waals surface area contributed by atoms with Crippen molar-refractivity contribution in [2.24, 2.45) is 5.92 Å². The standard InChI is InChI=1S/C12H17NO2/c14-8-11-5-6-12(7-13-11)15-9-10-3-1-2-4-10/h5-7,10,14H,1-4,8-9H2. The van der Waals surface area contributed by atoms with Crippen LogP contribution in [0.5, 0.6) is 5.75 Å². The molecule has 3 nitrogen and oxygen atoms in total. The second kappa shape index (κ2) is 5.12. The van der Waals surface area contributed by atoms with Crippen LogP contribution < -0.4 is 4.74 Å². The highest BCUT2D eigenvalue weighted by Gasteiger charge is 2.15. The molecular weight excluding hydrogens is 190 g/mol. The van der Waals surface area contributed by atoms with Crippen LogP contribution in [0.4, 0.5) is 0 Å². The molecule has 0 atom stereocenters. The smallest absolute Gasteiger partial charge is 0.137 e. The predicted molar refractivity (Wildman–Crippen MR) is 57.6 cm³/mol. The van der Waals surface area contributed by atoms with Crippen molar-refractivity contribution in [1.29, 1.82) is 0 Å². The summed E-state index contributed by atoms with van der Waals surface area (Å²) >= 11 is 0. The van der Waals surface area contributed by atoms with Gasteiger partial charge in [-0.3, -0.25) is 4.98 Å². The third-order valence-corrected chi connectivity index (χ3v) is 2.92. The van der Waals surface area contributed by atoms with E-state index in [0.717, 1.165) is 18.3 Å². The van der Waals surface area contributed by atoms with Crippen molar-refractivity contribution in [3.8, 4) is 5.75 Å². The van der Waals surface area contributed by atoms with E-state index in [9.17, 15) is 0 Å². The monoisotopic (exact) mass is 207 g/mol. The molecule has 1 aliphatic carbocycles. The number of aliphatic hydroxyl groups excluding tert-OH is 1. The molecule has 1 aliphatic rings. The molecule has 0 saturated heterocycles. The number of nitrogens with zero attached hydrogens (tertiary/aromatic N) is 1. The highest BCUT2D eigenvalue weighted by atomic mass is 16.5. The van der Waals surface area contributed by atoms with Gasteiger partial charge in [-0.05, 0) is 30.9 Å². The Morgan fingerprint density at radius 1 is 1.33 bits per heavy atom. The second-order valence-electron chi connectivity index (χ2n) is 4.10. The van der Waals surface area contributed by atoms with E-state index < -0.39 is 0 Å². The van der Waals surface area contributed by atoms with Crippen molar-refractivity contribution in [2.75, 3.05) is 6.61 Å². The van der Waals surface area contributed by atoms with Crippen LogP contribution >= 0.6 is 0 Å². The zero-order valence-electron chi connectivity index (χ0n) is 8.85. The van der Waals surface area contributed by atoms with E-state index >= 15 is 0 Å². The Bertz CT molecular complexity index is 291. The number of ether oxygens (including phenoxy) is 1. The Morgan fingerprint density at radius 3 is 2.73 bits per heavy atom. The summed E-state index contributed by atoms with van der Waals surface area (Å²) in [5, 5.41) is 8.83. The first-order valence-corrected chi connectivity index (χ1v) is 5.57. The van der Waals surface area contributed by atoms with Gasteiger partial charge in [0, 0.05) is 0 Å². The Labute approximate surface area is 90.1 Å². The number of rotatable bonds is 4. The molecule has 0 bridgehead atoms. The van der Waals surface area contributed by atoms with Gasteiger partial charge < -0.3 is 9.84 Å². The predicted octanol–water partition coefficient (Wildman–Crippen LogP) is 2.14. The zero-order chi connectivity index (χ0) is 10.5. The molecule has 1 aromatic rings. The second-order valence-corrected chi connectivity index (χ2v) is 4.10.